The van der Waals surface area contributed by atoms with Gasteiger partial charge in [0.05, 0.1) is 13.2 Å². The van der Waals surface area contributed by atoms with Crippen LogP contribution in [0.2, 0.25) is 0 Å². The average molecular weight is 377 g/mol. The molecule has 0 saturated heterocycles. The van der Waals surface area contributed by atoms with Crippen molar-refractivity contribution in [2.75, 3.05) is 26.3 Å². The van der Waals surface area contributed by atoms with Crippen molar-refractivity contribution >= 4 is 0 Å². The fourth-order valence-electron chi connectivity index (χ4n) is 4.56. The van der Waals surface area contributed by atoms with Crippen LogP contribution in [0.3, 0.4) is 0 Å². The van der Waals surface area contributed by atoms with Gasteiger partial charge in [0.1, 0.15) is 0 Å². The molecule has 4 nitrogen and oxygen atoms in total. The van der Waals surface area contributed by atoms with Crippen molar-refractivity contribution < 1.29 is 9.84 Å². The molecule has 0 aliphatic heterocycles. The Bertz CT molecular complexity index is 538. The van der Waals surface area contributed by atoms with Crippen molar-refractivity contribution in [3.63, 3.8) is 0 Å². The van der Waals surface area contributed by atoms with Crippen molar-refractivity contribution in [3.8, 4) is 0 Å². The molecule has 4 heteroatoms. The highest BCUT2D eigenvalue weighted by Crippen LogP contribution is 2.55. The SMILES string of the molecule is CCC[C@]1(CN)C[C@H]1CO.CCC[C@]1(CN)C[C@H]1COCc1ccccc1. The molecule has 154 valence electrons. The summed E-state index contributed by atoms with van der Waals surface area (Å²) in [6, 6.07) is 10.4. The van der Waals surface area contributed by atoms with E-state index in [-0.39, 0.29) is 0 Å². The van der Waals surface area contributed by atoms with Gasteiger partial charge in [-0.25, -0.2) is 0 Å². The number of hydrogen-bond donors (Lipinski definition) is 3. The number of benzene rings is 1. The minimum absolute atomic E-state index is 0.331. The van der Waals surface area contributed by atoms with E-state index in [0.717, 1.165) is 32.7 Å². The van der Waals surface area contributed by atoms with Gasteiger partial charge >= 0.3 is 0 Å². The third-order valence-corrected chi connectivity index (χ3v) is 6.68. The van der Waals surface area contributed by atoms with Crippen LogP contribution in [0.5, 0.6) is 0 Å². The predicted octanol–water partition coefficient (Wildman–Crippen LogP) is 3.71. The quantitative estimate of drug-likeness (QED) is 0.550. The molecule has 0 aromatic heterocycles. The molecule has 4 atom stereocenters. The molecule has 2 fully saturated rings. The van der Waals surface area contributed by atoms with E-state index in [4.69, 9.17) is 21.3 Å². The number of aliphatic hydroxyl groups excluding tert-OH is 1. The van der Waals surface area contributed by atoms with Crippen molar-refractivity contribution in [1.29, 1.82) is 0 Å². The zero-order valence-electron chi connectivity index (χ0n) is 17.3. The lowest BCUT2D eigenvalue weighted by Crippen LogP contribution is -2.19. The van der Waals surface area contributed by atoms with Crippen LogP contribution in [0.4, 0.5) is 0 Å². The molecule has 5 N–H and O–H groups in total. The Morgan fingerprint density at radius 3 is 2.00 bits per heavy atom. The van der Waals surface area contributed by atoms with Gasteiger partial charge in [0.15, 0.2) is 0 Å². The first-order valence-electron chi connectivity index (χ1n) is 10.7. The monoisotopic (exact) mass is 376 g/mol. The van der Waals surface area contributed by atoms with Gasteiger partial charge in [-0.2, -0.15) is 0 Å². The fourth-order valence-corrected chi connectivity index (χ4v) is 4.56. The summed E-state index contributed by atoms with van der Waals surface area (Å²) < 4.78 is 5.79. The molecular formula is C23H40N2O2. The summed E-state index contributed by atoms with van der Waals surface area (Å²) in [5, 5.41) is 8.84. The van der Waals surface area contributed by atoms with Crippen molar-refractivity contribution in [2.45, 2.75) is 59.0 Å². The van der Waals surface area contributed by atoms with Crippen LogP contribution < -0.4 is 11.5 Å². The molecule has 3 rings (SSSR count). The van der Waals surface area contributed by atoms with Crippen LogP contribution in [-0.2, 0) is 11.3 Å². The first kappa shape index (κ1) is 22.4. The van der Waals surface area contributed by atoms with E-state index in [1.165, 1.54) is 37.7 Å². The molecule has 0 bridgehead atoms. The molecule has 27 heavy (non-hydrogen) atoms. The highest BCUT2D eigenvalue weighted by Gasteiger charge is 2.52. The Hall–Kier alpha value is -0.940. The molecule has 0 heterocycles. The minimum Gasteiger partial charge on any atom is -0.396 e. The molecule has 2 saturated carbocycles. The summed E-state index contributed by atoms with van der Waals surface area (Å²) in [7, 11) is 0. The summed E-state index contributed by atoms with van der Waals surface area (Å²) >= 11 is 0. The topological polar surface area (TPSA) is 81.5 Å². The second-order valence-corrected chi connectivity index (χ2v) is 8.62. The van der Waals surface area contributed by atoms with Gasteiger partial charge in [0.2, 0.25) is 0 Å². The van der Waals surface area contributed by atoms with Crippen LogP contribution in [0.15, 0.2) is 30.3 Å². The Balaban J connectivity index is 0.000000223. The molecule has 2 aliphatic rings. The van der Waals surface area contributed by atoms with E-state index in [9.17, 15) is 0 Å². The van der Waals surface area contributed by atoms with Crippen LogP contribution in [0.1, 0.15) is 57.9 Å². The molecule has 1 aromatic carbocycles. The molecule has 0 unspecified atom stereocenters. The maximum Gasteiger partial charge on any atom is 0.0717 e. The van der Waals surface area contributed by atoms with Gasteiger partial charge in [-0.15, -0.1) is 0 Å². The Morgan fingerprint density at radius 1 is 0.963 bits per heavy atom. The number of hydrogen-bond acceptors (Lipinski definition) is 4. The summed E-state index contributed by atoms with van der Waals surface area (Å²) in [6.45, 7) is 7.90. The lowest BCUT2D eigenvalue weighted by molar-refractivity contribution is 0.100. The van der Waals surface area contributed by atoms with Crippen molar-refractivity contribution in [3.05, 3.63) is 35.9 Å². The third kappa shape index (κ3) is 6.02. The number of ether oxygens (including phenoxy) is 1. The van der Waals surface area contributed by atoms with Crippen LogP contribution >= 0.6 is 0 Å². The van der Waals surface area contributed by atoms with E-state index in [2.05, 4.69) is 38.1 Å². The van der Waals surface area contributed by atoms with E-state index >= 15 is 0 Å². The maximum atomic E-state index is 8.84. The van der Waals surface area contributed by atoms with E-state index < -0.39 is 0 Å². The first-order chi connectivity index (χ1) is 13.1. The molecule has 0 radical (unpaired) electrons. The number of nitrogens with two attached hydrogens (primary N) is 2. The normalized spacial score (nSPS) is 31.1. The van der Waals surface area contributed by atoms with Gasteiger partial charge < -0.3 is 21.3 Å². The second-order valence-electron chi connectivity index (χ2n) is 8.62. The molecule has 0 spiro atoms. The molecule has 1 aromatic rings. The lowest BCUT2D eigenvalue weighted by atomic mass is 9.98. The van der Waals surface area contributed by atoms with Gasteiger partial charge in [0.25, 0.3) is 0 Å². The summed E-state index contributed by atoms with van der Waals surface area (Å²) in [6.07, 6.45) is 7.26. The van der Waals surface area contributed by atoms with Gasteiger partial charge in [0, 0.05) is 6.61 Å². The minimum atomic E-state index is 0.331. The predicted molar refractivity (Wildman–Crippen MR) is 112 cm³/mol. The zero-order valence-corrected chi connectivity index (χ0v) is 17.3. The van der Waals surface area contributed by atoms with Crippen LogP contribution in [0.25, 0.3) is 0 Å². The molecule has 2 aliphatic carbocycles. The maximum absolute atomic E-state index is 8.84. The van der Waals surface area contributed by atoms with E-state index in [1.807, 2.05) is 6.07 Å². The van der Waals surface area contributed by atoms with Crippen LogP contribution in [-0.4, -0.2) is 31.4 Å². The fraction of sp³-hybridized carbons (Fsp3) is 0.739. The first-order valence-corrected chi connectivity index (χ1v) is 10.7. The van der Waals surface area contributed by atoms with Crippen LogP contribution in [0, 0.1) is 22.7 Å². The van der Waals surface area contributed by atoms with Gasteiger partial charge in [-0.1, -0.05) is 57.0 Å². The average Bonchev–Trinajstić information content (AvgIpc) is 3.59. The van der Waals surface area contributed by atoms with E-state index in [1.54, 1.807) is 0 Å². The number of aliphatic hydroxyl groups is 1. The van der Waals surface area contributed by atoms with Crippen molar-refractivity contribution in [2.24, 2.45) is 34.1 Å². The molecule has 0 amide bonds. The number of rotatable bonds is 11. The standard InChI is InChI=1S/C15H23NO.C8H17NO/c1-2-8-15(12-16)9-14(15)11-17-10-13-6-4-3-5-7-13;1-2-3-8(6-9)4-7(8)5-10/h3-7,14H,2,8-12,16H2,1H3;7,10H,2-6,9H2,1H3/t14-,15+;7-,8+/m00/s1. The molecular weight excluding hydrogens is 336 g/mol. The smallest absolute Gasteiger partial charge is 0.0717 e. The summed E-state index contributed by atoms with van der Waals surface area (Å²) in [5.74, 6) is 1.20. The highest BCUT2D eigenvalue weighted by molar-refractivity contribution is 5.13. The Labute approximate surface area is 165 Å². The Morgan fingerprint density at radius 2 is 1.52 bits per heavy atom. The highest BCUT2D eigenvalue weighted by atomic mass is 16.5. The lowest BCUT2D eigenvalue weighted by Gasteiger charge is -2.13. The summed E-state index contributed by atoms with van der Waals surface area (Å²) in [5.41, 5.74) is 13.5. The van der Waals surface area contributed by atoms with Gasteiger partial charge in [-0.05, 0) is 67.0 Å². The third-order valence-electron chi connectivity index (χ3n) is 6.68. The van der Waals surface area contributed by atoms with E-state index in [0.29, 0.717) is 29.3 Å². The van der Waals surface area contributed by atoms with Crippen molar-refractivity contribution in [1.82, 2.24) is 0 Å². The zero-order chi connectivity index (χ0) is 19.8. The van der Waals surface area contributed by atoms with Gasteiger partial charge in [-0.3, -0.25) is 0 Å². The Kier molecular flexibility index (Phi) is 8.74. The second kappa shape index (κ2) is 10.6. The largest absolute Gasteiger partial charge is 0.396 e. The summed E-state index contributed by atoms with van der Waals surface area (Å²) in [4.78, 5) is 0.